The van der Waals surface area contributed by atoms with Gasteiger partial charge in [0, 0.05) is 36.9 Å². The molecule has 11 heteroatoms. The quantitative estimate of drug-likeness (QED) is 0.476. The highest BCUT2D eigenvalue weighted by atomic mass is 32.1. The molecule has 1 aliphatic heterocycles. The van der Waals surface area contributed by atoms with Crippen LogP contribution in [0.1, 0.15) is 47.8 Å². The molecular formula is C24H28F3N5O2S. The van der Waals surface area contributed by atoms with Crippen LogP contribution in [0.2, 0.25) is 0 Å². The minimum Gasteiger partial charge on any atom is -0.481 e. The number of carbonyl (C=O) groups excluding carboxylic acids is 1. The molecule has 0 N–H and O–H groups in total. The zero-order valence-corrected chi connectivity index (χ0v) is 20.9. The van der Waals surface area contributed by atoms with Gasteiger partial charge in [-0.15, -0.1) is 11.3 Å². The summed E-state index contributed by atoms with van der Waals surface area (Å²) >= 11 is 1.57. The highest BCUT2D eigenvalue weighted by Crippen LogP contribution is 2.31. The van der Waals surface area contributed by atoms with Crippen molar-refractivity contribution < 1.29 is 22.7 Å². The average molecular weight is 508 g/mol. The maximum absolute atomic E-state index is 13.6. The second-order valence-corrected chi connectivity index (χ2v) is 10.1. The Labute approximate surface area is 205 Å². The highest BCUT2D eigenvalue weighted by Gasteiger charge is 2.45. The number of piperidine rings is 1. The molecule has 3 aromatic rings. The fraction of sp³-hybridized carbons (Fsp3) is 0.500. The van der Waals surface area contributed by atoms with Crippen LogP contribution in [0.3, 0.4) is 0 Å². The van der Waals surface area contributed by atoms with Gasteiger partial charge in [-0.3, -0.25) is 9.69 Å². The number of fused-ring (bicyclic) bond motifs is 1. The van der Waals surface area contributed by atoms with Crippen LogP contribution in [-0.4, -0.2) is 63.1 Å². The lowest BCUT2D eigenvalue weighted by Crippen LogP contribution is -2.53. The van der Waals surface area contributed by atoms with Gasteiger partial charge in [0.2, 0.25) is 5.88 Å². The molecule has 7 nitrogen and oxygen atoms in total. The maximum atomic E-state index is 13.6. The number of likely N-dealkylation sites (tertiary alicyclic amines) is 1. The van der Waals surface area contributed by atoms with Crippen LogP contribution in [0.4, 0.5) is 13.2 Å². The molecule has 1 fully saturated rings. The van der Waals surface area contributed by atoms with Crippen LogP contribution in [0.25, 0.3) is 10.3 Å². The Balaban J connectivity index is 1.58. The van der Waals surface area contributed by atoms with Crippen molar-refractivity contribution in [3.8, 4) is 5.88 Å². The number of carbonyl (C=O) groups is 1. The van der Waals surface area contributed by atoms with Crippen LogP contribution < -0.4 is 4.74 Å². The van der Waals surface area contributed by atoms with Crippen molar-refractivity contribution in [1.29, 1.82) is 0 Å². The minimum absolute atomic E-state index is 0.129. The topological polar surface area (TPSA) is 71.5 Å². The van der Waals surface area contributed by atoms with Crippen LogP contribution in [0.15, 0.2) is 24.3 Å². The molecule has 1 amide bonds. The van der Waals surface area contributed by atoms with Crippen molar-refractivity contribution in [3.05, 3.63) is 46.2 Å². The van der Waals surface area contributed by atoms with E-state index in [4.69, 9.17) is 4.74 Å². The van der Waals surface area contributed by atoms with E-state index in [1.807, 2.05) is 26.0 Å². The van der Waals surface area contributed by atoms with Gasteiger partial charge in [-0.1, -0.05) is 0 Å². The summed E-state index contributed by atoms with van der Waals surface area (Å²) in [6.07, 6.45) is -3.80. The van der Waals surface area contributed by atoms with Gasteiger partial charge in [0.15, 0.2) is 5.65 Å². The first-order valence-corrected chi connectivity index (χ1v) is 12.2. The lowest BCUT2D eigenvalue weighted by atomic mass is 10.00. The normalized spacial score (nSPS) is 18.0. The molecule has 188 valence electrons. The molecule has 0 aromatic carbocycles. The second-order valence-electron chi connectivity index (χ2n) is 8.85. The predicted molar refractivity (Wildman–Crippen MR) is 127 cm³/mol. The van der Waals surface area contributed by atoms with E-state index in [-0.39, 0.29) is 12.6 Å². The smallest absolute Gasteiger partial charge is 0.471 e. The number of nitrogens with zero attached hydrogens (tertiary/aromatic N) is 5. The number of ether oxygens (including phenoxy) is 1. The first-order valence-electron chi connectivity index (χ1n) is 11.4. The number of hydrogen-bond acceptors (Lipinski definition) is 7. The Morgan fingerprint density at radius 1 is 1.26 bits per heavy atom. The van der Waals surface area contributed by atoms with Crippen molar-refractivity contribution in [3.63, 3.8) is 0 Å². The van der Waals surface area contributed by atoms with Gasteiger partial charge in [0.1, 0.15) is 0 Å². The van der Waals surface area contributed by atoms with Gasteiger partial charge in [-0.2, -0.15) is 13.2 Å². The second kappa shape index (κ2) is 10.1. The van der Waals surface area contributed by atoms with Crippen molar-refractivity contribution in [2.75, 3.05) is 20.2 Å². The Morgan fingerprint density at radius 2 is 2.03 bits per heavy atom. The fourth-order valence-electron chi connectivity index (χ4n) is 4.58. The molecule has 2 atom stereocenters. The molecule has 0 bridgehead atoms. The Kier molecular flexibility index (Phi) is 7.27. The molecule has 1 aliphatic rings. The third kappa shape index (κ3) is 5.72. The summed E-state index contributed by atoms with van der Waals surface area (Å²) in [5.41, 5.74) is 2.65. The molecule has 2 unspecified atom stereocenters. The van der Waals surface area contributed by atoms with Crippen molar-refractivity contribution in [2.24, 2.45) is 0 Å². The number of aromatic nitrogens is 3. The fourth-order valence-corrected chi connectivity index (χ4v) is 5.35. The third-order valence-electron chi connectivity index (χ3n) is 6.28. The van der Waals surface area contributed by atoms with Crippen LogP contribution in [0, 0.1) is 13.8 Å². The van der Waals surface area contributed by atoms with E-state index in [2.05, 4.69) is 19.9 Å². The van der Waals surface area contributed by atoms with E-state index >= 15 is 0 Å². The van der Waals surface area contributed by atoms with E-state index < -0.39 is 18.1 Å². The molecule has 1 saturated heterocycles. The summed E-state index contributed by atoms with van der Waals surface area (Å²) in [4.78, 5) is 28.9. The maximum Gasteiger partial charge on any atom is 0.471 e. The molecule has 3 aromatic heterocycles. The van der Waals surface area contributed by atoms with E-state index in [0.717, 1.165) is 20.3 Å². The van der Waals surface area contributed by atoms with E-state index in [1.165, 1.54) is 7.11 Å². The average Bonchev–Trinajstić information content (AvgIpc) is 3.20. The lowest BCUT2D eigenvalue weighted by Gasteiger charge is -2.41. The van der Waals surface area contributed by atoms with Gasteiger partial charge < -0.3 is 9.64 Å². The predicted octanol–water partition coefficient (Wildman–Crippen LogP) is 4.83. The Hall–Kier alpha value is -2.79. The molecule has 35 heavy (non-hydrogen) atoms. The first kappa shape index (κ1) is 25.3. The summed E-state index contributed by atoms with van der Waals surface area (Å²) in [7, 11) is 1.45. The molecule has 0 saturated carbocycles. The Bertz CT molecular complexity index is 1220. The van der Waals surface area contributed by atoms with E-state index in [0.29, 0.717) is 48.7 Å². The van der Waals surface area contributed by atoms with Gasteiger partial charge in [0.05, 0.1) is 22.5 Å². The highest BCUT2D eigenvalue weighted by molar-refractivity contribution is 7.18. The summed E-state index contributed by atoms with van der Waals surface area (Å²) in [6.45, 7) is 6.51. The molecule has 0 spiro atoms. The number of methoxy groups -OCH3 is 1. The summed E-state index contributed by atoms with van der Waals surface area (Å²) in [5, 5.41) is 0.930. The van der Waals surface area contributed by atoms with E-state index in [9.17, 15) is 18.0 Å². The zero-order chi connectivity index (χ0) is 25.3. The molecule has 4 heterocycles. The molecule has 0 aliphatic carbocycles. The van der Waals surface area contributed by atoms with Gasteiger partial charge in [-0.05, 0) is 63.9 Å². The molecule has 4 rings (SSSR count). The van der Waals surface area contributed by atoms with Crippen molar-refractivity contribution in [1.82, 2.24) is 24.8 Å². The molecular weight excluding hydrogens is 479 g/mol. The molecule has 0 radical (unpaired) electrons. The number of thiazole rings is 1. The number of pyridine rings is 2. The number of amides is 1. The lowest BCUT2D eigenvalue weighted by molar-refractivity contribution is -0.189. The van der Waals surface area contributed by atoms with Crippen molar-refractivity contribution >= 4 is 27.6 Å². The van der Waals surface area contributed by atoms with Crippen LogP contribution in [-0.2, 0) is 11.3 Å². The monoisotopic (exact) mass is 507 g/mol. The number of halogens is 3. The van der Waals surface area contributed by atoms with E-state index in [1.54, 1.807) is 30.4 Å². The summed E-state index contributed by atoms with van der Waals surface area (Å²) < 4.78 is 46.9. The Morgan fingerprint density at radius 3 is 2.74 bits per heavy atom. The number of aryl methyl sites for hydroxylation is 2. The van der Waals surface area contributed by atoms with Crippen LogP contribution >= 0.6 is 11.3 Å². The van der Waals surface area contributed by atoms with Gasteiger partial charge in [-0.25, -0.2) is 15.0 Å². The first-order chi connectivity index (χ1) is 16.5. The minimum atomic E-state index is -4.96. The largest absolute Gasteiger partial charge is 0.481 e. The van der Waals surface area contributed by atoms with Crippen LogP contribution in [0.5, 0.6) is 5.88 Å². The van der Waals surface area contributed by atoms with Gasteiger partial charge >= 0.3 is 12.1 Å². The zero-order valence-electron chi connectivity index (χ0n) is 20.1. The standard InChI is InChI=1S/C24H28F3N5O2S/c1-14-10-17(11-21(28-14)34-4)12-32(23(33)24(25,26)27)18-6-5-9-31(13-18)15(2)19-7-8-20-22(30-19)29-16(3)35-20/h7-8,10-11,15,18H,5-6,9,12-13H2,1-4H3. The summed E-state index contributed by atoms with van der Waals surface area (Å²) in [6, 6.07) is 6.46. The van der Waals surface area contributed by atoms with Gasteiger partial charge in [0.25, 0.3) is 0 Å². The van der Waals surface area contributed by atoms with Crippen molar-refractivity contribution in [2.45, 2.75) is 58.4 Å². The third-order valence-corrected chi connectivity index (χ3v) is 7.21. The SMILES string of the molecule is COc1cc(CN(C(=O)C(F)(F)F)C2CCCN(C(C)c3ccc4sc(C)nc4n3)C2)cc(C)n1. The number of alkyl halides is 3. The number of rotatable bonds is 6. The number of hydrogen-bond donors (Lipinski definition) is 0. The summed E-state index contributed by atoms with van der Waals surface area (Å²) in [5.74, 6) is -1.53.